The number of nitrogens with one attached hydrogen (secondary N) is 1. The first-order chi connectivity index (χ1) is 16.6. The van der Waals surface area contributed by atoms with Gasteiger partial charge in [-0.2, -0.15) is 5.10 Å². The van der Waals surface area contributed by atoms with Gasteiger partial charge in [-0.15, -0.1) is 13.2 Å². The number of nitrogens with zero attached hydrogens (tertiary/aromatic N) is 2. The molecule has 0 radical (unpaired) electrons. The Kier molecular flexibility index (Phi) is 6.82. The second-order valence-electron chi connectivity index (χ2n) is 7.41. The number of anilines is 1. The van der Waals surface area contributed by atoms with Crippen LogP contribution in [0.5, 0.6) is 5.75 Å². The lowest BCUT2D eigenvalue weighted by atomic mass is 10.1. The van der Waals surface area contributed by atoms with Gasteiger partial charge in [0.05, 0.1) is 28.2 Å². The summed E-state index contributed by atoms with van der Waals surface area (Å²) in [5, 5.41) is 4.89. The molecule has 0 spiro atoms. The molecule has 35 heavy (non-hydrogen) atoms. The van der Waals surface area contributed by atoms with Crippen LogP contribution in [0.3, 0.4) is 0 Å². The normalized spacial score (nSPS) is 14.7. The van der Waals surface area contributed by atoms with Crippen molar-refractivity contribution in [3.05, 3.63) is 83.2 Å². The number of hydrogen-bond donors (Lipinski definition) is 1. The van der Waals surface area contributed by atoms with E-state index in [1.807, 2.05) is 24.3 Å². The number of ether oxygens (including phenoxy) is 2. The zero-order valence-electron chi connectivity index (χ0n) is 18.2. The van der Waals surface area contributed by atoms with Crippen LogP contribution in [0.2, 0.25) is 5.02 Å². The average Bonchev–Trinajstić information content (AvgIpc) is 3.22. The molecule has 184 valence electrons. The van der Waals surface area contributed by atoms with Crippen molar-refractivity contribution in [1.29, 1.82) is 0 Å². The molecule has 0 unspecified atom stereocenters. The molecule has 12 heteroatoms. The third-order valence-corrected chi connectivity index (χ3v) is 6.68. The van der Waals surface area contributed by atoms with Gasteiger partial charge in [0.2, 0.25) is 0 Å². The predicted octanol–water partition coefficient (Wildman–Crippen LogP) is 5.95. The number of hydrogen-bond acceptors (Lipinski definition) is 5. The number of rotatable bonds is 6. The number of sulfonamides is 1. The molecular weight excluding hydrogens is 507 g/mol. The molecule has 0 saturated carbocycles. The maximum absolute atomic E-state index is 12.9. The summed E-state index contributed by atoms with van der Waals surface area (Å²) in [6.45, 7) is 0. The average molecular weight is 526 g/mol. The summed E-state index contributed by atoms with van der Waals surface area (Å²) in [5.41, 5.74) is 1.79. The van der Waals surface area contributed by atoms with E-state index in [0.29, 0.717) is 22.0 Å². The summed E-state index contributed by atoms with van der Waals surface area (Å²) in [7, 11) is -2.60. The number of pyridine rings is 1. The van der Waals surface area contributed by atoms with Gasteiger partial charge < -0.3 is 9.47 Å². The summed E-state index contributed by atoms with van der Waals surface area (Å²) in [4.78, 5) is -0.260. The Labute approximate surface area is 204 Å². The highest BCUT2D eigenvalue weighted by Crippen LogP contribution is 2.29. The first kappa shape index (κ1) is 24.7. The number of aromatic nitrogens is 2. The fourth-order valence-corrected chi connectivity index (χ4v) is 4.62. The summed E-state index contributed by atoms with van der Waals surface area (Å²) in [5.74, 6) is 0.194. The number of methoxy groups -OCH3 is 1. The largest absolute Gasteiger partial charge is 0.573 e. The van der Waals surface area contributed by atoms with E-state index in [-0.39, 0.29) is 10.7 Å². The van der Waals surface area contributed by atoms with Crippen molar-refractivity contribution in [1.82, 2.24) is 9.61 Å². The van der Waals surface area contributed by atoms with Crippen LogP contribution in [-0.2, 0) is 14.8 Å². The summed E-state index contributed by atoms with van der Waals surface area (Å²) in [6, 6.07) is 8.54. The van der Waals surface area contributed by atoms with E-state index in [2.05, 4.69) is 14.6 Å². The van der Waals surface area contributed by atoms with Gasteiger partial charge in [0, 0.05) is 5.57 Å². The molecular formula is C23H19ClF3N3O4S. The summed E-state index contributed by atoms with van der Waals surface area (Å²) < 4.78 is 75.8. The minimum Gasteiger partial charge on any atom is -0.497 e. The Morgan fingerprint density at radius 1 is 1.11 bits per heavy atom. The van der Waals surface area contributed by atoms with E-state index in [9.17, 15) is 21.6 Å². The van der Waals surface area contributed by atoms with Crippen molar-refractivity contribution in [3.8, 4) is 5.75 Å². The van der Waals surface area contributed by atoms with Crippen molar-refractivity contribution in [2.45, 2.75) is 24.1 Å². The van der Waals surface area contributed by atoms with Gasteiger partial charge >= 0.3 is 6.36 Å². The number of halogens is 4. The second kappa shape index (κ2) is 9.67. The maximum atomic E-state index is 12.9. The van der Waals surface area contributed by atoms with Gasteiger partial charge in [-0.25, -0.2) is 12.9 Å². The molecule has 4 rings (SSSR count). The van der Waals surface area contributed by atoms with Gasteiger partial charge in [0.25, 0.3) is 10.0 Å². The smallest absolute Gasteiger partial charge is 0.497 e. The topological polar surface area (TPSA) is 81.9 Å². The lowest BCUT2D eigenvalue weighted by Crippen LogP contribution is -2.18. The van der Waals surface area contributed by atoms with Crippen LogP contribution >= 0.6 is 11.6 Å². The van der Waals surface area contributed by atoms with Crippen LogP contribution in [0.15, 0.2) is 77.4 Å². The Bertz CT molecular complexity index is 1440. The molecule has 1 N–H and O–H groups in total. The minimum atomic E-state index is -4.88. The fraction of sp³-hybridized carbons (Fsp3) is 0.174. The molecule has 7 nitrogen and oxygen atoms in total. The summed E-state index contributed by atoms with van der Waals surface area (Å²) in [6.07, 6.45) is 4.38. The van der Waals surface area contributed by atoms with Gasteiger partial charge in [0.15, 0.2) is 0 Å². The van der Waals surface area contributed by atoms with E-state index >= 15 is 0 Å². The minimum absolute atomic E-state index is 0.0913. The molecule has 0 atom stereocenters. The monoisotopic (exact) mass is 525 g/mol. The third-order valence-electron chi connectivity index (χ3n) is 4.99. The van der Waals surface area contributed by atoms with Crippen molar-refractivity contribution >= 4 is 38.5 Å². The molecule has 0 saturated heterocycles. The summed E-state index contributed by atoms with van der Waals surface area (Å²) >= 11 is 6.34. The van der Waals surface area contributed by atoms with Crippen LogP contribution in [0, 0.1) is 0 Å². The zero-order valence-corrected chi connectivity index (χ0v) is 19.8. The van der Waals surface area contributed by atoms with Gasteiger partial charge in [0.1, 0.15) is 17.3 Å². The van der Waals surface area contributed by atoms with Crippen LogP contribution in [0.4, 0.5) is 19.0 Å². The highest BCUT2D eigenvalue weighted by molar-refractivity contribution is 7.92. The highest BCUT2D eigenvalue weighted by Gasteiger charge is 2.31. The Hall–Kier alpha value is -3.44. The SMILES string of the molecule is COC1=CC(c2cc3c(Cl)ccc(NS(=O)(=O)c4ccc(OC(F)(F)F)cc4)n3n2)=CCCC=C1. The van der Waals surface area contributed by atoms with E-state index in [0.717, 1.165) is 42.7 Å². The molecule has 3 aromatic rings. The van der Waals surface area contributed by atoms with Crippen LogP contribution in [0.1, 0.15) is 18.5 Å². The standard InChI is InChI=1S/C23H19ClF3N3O4S/c1-33-17-6-4-2-3-5-15(13-17)20-14-21-19(24)11-12-22(30(21)28-20)29-35(31,32)18-9-7-16(8-10-18)34-23(25,26)27/h4-14,29H,2-3H2,1H3. The molecule has 0 aliphatic heterocycles. The molecule has 0 fully saturated rings. The molecule has 1 aliphatic rings. The molecule has 0 amide bonds. The number of allylic oxidation sites excluding steroid dienone is 5. The van der Waals surface area contributed by atoms with Crippen LogP contribution in [-0.4, -0.2) is 31.5 Å². The number of fused-ring (bicyclic) bond motifs is 1. The van der Waals surface area contributed by atoms with Crippen molar-refractivity contribution in [3.63, 3.8) is 0 Å². The molecule has 2 heterocycles. The van der Waals surface area contributed by atoms with Crippen LogP contribution in [0.25, 0.3) is 11.1 Å². The number of alkyl halides is 3. The third kappa shape index (κ3) is 5.80. The quantitative estimate of drug-likeness (QED) is 0.430. The zero-order chi connectivity index (χ0) is 25.2. The van der Waals surface area contributed by atoms with Gasteiger partial charge in [-0.05, 0) is 67.5 Å². The lowest BCUT2D eigenvalue weighted by molar-refractivity contribution is -0.274. The Balaban J connectivity index is 1.68. The van der Waals surface area contributed by atoms with Gasteiger partial charge in [-0.1, -0.05) is 23.8 Å². The molecule has 1 aromatic carbocycles. The van der Waals surface area contributed by atoms with Crippen LogP contribution < -0.4 is 9.46 Å². The fourth-order valence-electron chi connectivity index (χ4n) is 3.38. The molecule has 1 aliphatic carbocycles. The maximum Gasteiger partial charge on any atom is 0.573 e. The van der Waals surface area contributed by atoms with Crippen molar-refractivity contribution in [2.75, 3.05) is 11.8 Å². The first-order valence-corrected chi connectivity index (χ1v) is 12.1. The van der Waals surface area contributed by atoms with Crippen molar-refractivity contribution < 1.29 is 31.1 Å². The Morgan fingerprint density at radius 3 is 2.54 bits per heavy atom. The second-order valence-corrected chi connectivity index (χ2v) is 9.50. The highest BCUT2D eigenvalue weighted by atomic mass is 35.5. The predicted molar refractivity (Wildman–Crippen MR) is 126 cm³/mol. The van der Waals surface area contributed by atoms with Crippen molar-refractivity contribution in [2.24, 2.45) is 0 Å². The van der Waals surface area contributed by atoms with E-state index in [1.54, 1.807) is 13.2 Å². The molecule has 0 bridgehead atoms. The van der Waals surface area contributed by atoms with E-state index in [1.165, 1.54) is 16.6 Å². The van der Waals surface area contributed by atoms with E-state index < -0.39 is 22.1 Å². The van der Waals surface area contributed by atoms with E-state index in [4.69, 9.17) is 16.3 Å². The lowest BCUT2D eigenvalue weighted by Gasteiger charge is -2.12. The van der Waals surface area contributed by atoms with Gasteiger partial charge in [-0.3, -0.25) is 4.72 Å². The molecule has 2 aromatic heterocycles. The number of benzene rings is 1. The first-order valence-electron chi connectivity index (χ1n) is 10.3. The Morgan fingerprint density at radius 2 is 1.86 bits per heavy atom.